The Balaban J connectivity index is 0.000000201. The maximum atomic E-state index is 2.30. The smallest absolute Gasteiger partial charge is 0.200 e. The van der Waals surface area contributed by atoms with Gasteiger partial charge in [0.15, 0.2) is 6.20 Å². The normalized spacial score (nSPS) is 11.0. The highest BCUT2D eigenvalue weighted by Crippen LogP contribution is 2.16. The van der Waals surface area contributed by atoms with E-state index in [0.29, 0.717) is 0 Å². The van der Waals surface area contributed by atoms with Crippen molar-refractivity contribution in [1.29, 1.82) is 0 Å². The van der Waals surface area contributed by atoms with Gasteiger partial charge >= 0.3 is 0 Å². The van der Waals surface area contributed by atoms with Gasteiger partial charge < -0.3 is 0 Å². The molecule has 1 aromatic heterocycles. The Morgan fingerprint density at radius 2 is 1.00 bits per heavy atom. The molecule has 0 unspecified atom stereocenters. The van der Waals surface area contributed by atoms with Crippen LogP contribution in [0.3, 0.4) is 0 Å². The van der Waals surface area contributed by atoms with Crippen molar-refractivity contribution < 1.29 is 4.57 Å². The van der Waals surface area contributed by atoms with E-state index in [2.05, 4.69) is 152 Å². The molecule has 0 aliphatic carbocycles. The van der Waals surface area contributed by atoms with Crippen molar-refractivity contribution in [3.63, 3.8) is 0 Å². The van der Waals surface area contributed by atoms with Crippen LogP contribution in [-0.2, 0) is 6.54 Å². The fourth-order valence-electron chi connectivity index (χ4n) is 5.43. The van der Waals surface area contributed by atoms with E-state index in [0.717, 1.165) is 6.54 Å². The lowest BCUT2D eigenvalue weighted by atomic mass is 9.14. The number of fused-ring (bicyclic) bond motifs is 1. The van der Waals surface area contributed by atoms with Crippen LogP contribution in [0, 0.1) is 0 Å². The second-order valence-corrected chi connectivity index (χ2v) is 9.27. The Morgan fingerprint density at radius 3 is 1.49 bits per heavy atom. The Labute approximate surface area is 211 Å². The van der Waals surface area contributed by atoms with Gasteiger partial charge in [-0.3, -0.25) is 0 Å². The highest BCUT2D eigenvalue weighted by molar-refractivity contribution is 7.11. The third kappa shape index (κ3) is 5.54. The summed E-state index contributed by atoms with van der Waals surface area (Å²) in [6, 6.07) is 45.8. The summed E-state index contributed by atoms with van der Waals surface area (Å²) in [5.74, 6) is 0. The van der Waals surface area contributed by atoms with Crippen molar-refractivity contribution in [3.05, 3.63) is 134 Å². The molecule has 0 fully saturated rings. The molecule has 5 rings (SSSR count). The summed E-state index contributed by atoms with van der Waals surface area (Å²) in [6.07, 6.45) is 4.84. The fraction of sp³-hybridized carbons (Fsp3) is 0.182. The molecule has 0 spiro atoms. The van der Waals surface area contributed by atoms with Crippen LogP contribution < -0.4 is 21.0 Å². The predicted molar refractivity (Wildman–Crippen MR) is 154 cm³/mol. The Bertz CT molecular complexity index is 1200. The number of benzene rings is 4. The highest BCUT2D eigenvalue weighted by Gasteiger charge is 2.28. The molecular weight excluding hydrogens is 421 g/mol. The molecule has 0 saturated heterocycles. The number of para-hydroxylation sites is 1. The van der Waals surface area contributed by atoms with Gasteiger partial charge in [-0.2, -0.15) is 27.3 Å². The maximum absolute atomic E-state index is 2.30. The molecule has 0 atom stereocenters. The number of rotatable bonds is 7. The minimum Gasteiger partial charge on any atom is -0.200 e. The molecule has 0 bridgehead atoms. The summed E-state index contributed by atoms with van der Waals surface area (Å²) < 4.78 is 2.25. The van der Waals surface area contributed by atoms with Crippen LogP contribution in [0.25, 0.3) is 10.9 Å². The molecule has 0 amide bonds. The van der Waals surface area contributed by atoms with E-state index in [-0.39, 0.29) is 0 Å². The van der Waals surface area contributed by atoms with E-state index in [9.17, 15) is 0 Å². The molecule has 0 aliphatic rings. The van der Waals surface area contributed by atoms with Gasteiger partial charge in [0.2, 0.25) is 5.52 Å². The molecule has 1 heterocycles. The first kappa shape index (κ1) is 24.5. The van der Waals surface area contributed by atoms with E-state index >= 15 is 0 Å². The number of aromatic nitrogens is 1. The third-order valence-electron chi connectivity index (χ3n) is 7.23. The minimum atomic E-state index is -0.913. The van der Waals surface area contributed by atoms with Gasteiger partial charge in [-0.25, -0.2) is 0 Å². The second kappa shape index (κ2) is 12.2. The van der Waals surface area contributed by atoms with E-state index < -0.39 is 6.15 Å². The van der Waals surface area contributed by atoms with Crippen molar-refractivity contribution in [2.45, 2.75) is 39.6 Å². The van der Waals surface area contributed by atoms with E-state index in [1.807, 2.05) is 0 Å². The molecule has 1 nitrogen and oxygen atoms in total. The van der Waals surface area contributed by atoms with Crippen LogP contribution in [0.1, 0.15) is 26.7 Å². The van der Waals surface area contributed by atoms with Crippen LogP contribution in [0.5, 0.6) is 0 Å². The average Bonchev–Trinajstić information content (AvgIpc) is 2.95. The zero-order valence-corrected chi connectivity index (χ0v) is 21.1. The number of hydrogen-bond acceptors (Lipinski definition) is 0. The van der Waals surface area contributed by atoms with Gasteiger partial charge in [0, 0.05) is 17.5 Å². The lowest BCUT2D eigenvalue weighted by Gasteiger charge is -2.43. The fourth-order valence-corrected chi connectivity index (χ4v) is 5.43. The molecule has 5 aromatic rings. The molecule has 0 aliphatic heterocycles. The Morgan fingerprint density at radius 1 is 0.543 bits per heavy atom. The highest BCUT2D eigenvalue weighted by atomic mass is 14.9. The number of aryl methyl sites for hydroxylation is 1. The summed E-state index contributed by atoms with van der Waals surface area (Å²) in [5, 5.41) is 1.31. The standard InChI is InChI=1S/C22H24B.C11H12N/c1-2-3-19-23(20-13-7-4-8-14-20,21-15-9-5-10-16-21)22-17-11-6-12-18-22;1-2-12-9-5-7-10-6-3-4-8-11(10)12/h4-18H,2-3,19H2,1H3;3-9H,2H2,1H3/q-1;+1. The number of pyridine rings is 1. The molecule has 2 heteroatoms. The summed E-state index contributed by atoms with van der Waals surface area (Å²) in [6.45, 7) is 5.47. The SMILES string of the molecule is CCCC[B-](c1ccccc1)(c1ccccc1)c1ccccc1.CC[n+]1cccc2ccccc21. The third-order valence-corrected chi connectivity index (χ3v) is 7.23. The van der Waals surface area contributed by atoms with E-state index in [1.54, 1.807) is 0 Å². The van der Waals surface area contributed by atoms with Gasteiger partial charge in [-0.05, 0) is 19.1 Å². The number of unbranched alkanes of at least 4 members (excludes halogenated alkanes) is 1. The molecule has 176 valence electrons. The largest absolute Gasteiger partial charge is 0.212 e. The Kier molecular flexibility index (Phi) is 8.51. The zero-order chi connectivity index (χ0) is 24.3. The van der Waals surface area contributed by atoms with Gasteiger partial charge in [-0.1, -0.05) is 123 Å². The number of nitrogens with zero attached hydrogens (tertiary/aromatic N) is 1. The van der Waals surface area contributed by atoms with Crippen molar-refractivity contribution in [3.8, 4) is 0 Å². The zero-order valence-electron chi connectivity index (χ0n) is 21.1. The van der Waals surface area contributed by atoms with Crippen molar-refractivity contribution in [2.75, 3.05) is 0 Å². The number of hydrogen-bond donors (Lipinski definition) is 0. The quantitative estimate of drug-likeness (QED) is 0.205. The van der Waals surface area contributed by atoms with Crippen molar-refractivity contribution in [1.82, 2.24) is 0 Å². The summed E-state index contributed by atoms with van der Waals surface area (Å²) in [5.41, 5.74) is 5.64. The van der Waals surface area contributed by atoms with Gasteiger partial charge in [0.25, 0.3) is 0 Å². The molecule has 0 radical (unpaired) electrons. The summed E-state index contributed by atoms with van der Waals surface area (Å²) in [4.78, 5) is 0. The van der Waals surface area contributed by atoms with Gasteiger partial charge in [-0.15, -0.1) is 0 Å². The predicted octanol–water partition coefficient (Wildman–Crippen LogP) is 6.10. The van der Waals surface area contributed by atoms with Crippen molar-refractivity contribution >= 4 is 33.4 Å². The second-order valence-electron chi connectivity index (χ2n) is 9.27. The monoisotopic (exact) mass is 457 g/mol. The van der Waals surface area contributed by atoms with Crippen LogP contribution in [0.2, 0.25) is 6.32 Å². The van der Waals surface area contributed by atoms with Gasteiger partial charge in [0.05, 0.1) is 6.15 Å². The minimum absolute atomic E-state index is 0.913. The molecule has 35 heavy (non-hydrogen) atoms. The molecule has 0 saturated carbocycles. The molecular formula is C33H36BN. The lowest BCUT2D eigenvalue weighted by molar-refractivity contribution is -0.667. The average molecular weight is 457 g/mol. The first-order valence-corrected chi connectivity index (χ1v) is 13.0. The molecule has 0 N–H and O–H groups in total. The first-order valence-electron chi connectivity index (χ1n) is 13.0. The Hall–Kier alpha value is -3.65. The summed E-state index contributed by atoms with van der Waals surface area (Å²) in [7, 11) is 0. The van der Waals surface area contributed by atoms with E-state index in [1.165, 1.54) is 46.5 Å². The van der Waals surface area contributed by atoms with Crippen LogP contribution in [-0.4, -0.2) is 6.15 Å². The van der Waals surface area contributed by atoms with Crippen LogP contribution in [0.15, 0.2) is 134 Å². The van der Waals surface area contributed by atoms with E-state index in [4.69, 9.17) is 0 Å². The lowest BCUT2D eigenvalue weighted by Crippen LogP contribution is -2.66. The molecule has 4 aromatic carbocycles. The van der Waals surface area contributed by atoms with Gasteiger partial charge in [0.1, 0.15) is 6.54 Å². The maximum Gasteiger partial charge on any atom is 0.212 e. The van der Waals surface area contributed by atoms with Crippen LogP contribution in [0.4, 0.5) is 0 Å². The van der Waals surface area contributed by atoms with Crippen molar-refractivity contribution in [2.24, 2.45) is 0 Å². The first-order chi connectivity index (χ1) is 17.3. The summed E-state index contributed by atoms with van der Waals surface area (Å²) >= 11 is 0. The van der Waals surface area contributed by atoms with Crippen LogP contribution >= 0.6 is 0 Å². The topological polar surface area (TPSA) is 3.88 Å².